The third-order valence-electron chi connectivity index (χ3n) is 3.49. The van der Waals surface area contributed by atoms with Crippen molar-refractivity contribution in [2.24, 2.45) is 0 Å². The summed E-state index contributed by atoms with van der Waals surface area (Å²) < 4.78 is 10.6. The molecule has 1 N–H and O–H groups in total. The van der Waals surface area contributed by atoms with Gasteiger partial charge in [0.05, 0.1) is 19.7 Å². The summed E-state index contributed by atoms with van der Waals surface area (Å²) in [7, 11) is 3.21. The summed E-state index contributed by atoms with van der Waals surface area (Å²) in [5.41, 5.74) is 2.81. The first-order valence-electron chi connectivity index (χ1n) is 6.04. The molecule has 1 heterocycles. The fourth-order valence-electron chi connectivity index (χ4n) is 2.63. The van der Waals surface area contributed by atoms with Gasteiger partial charge in [0.15, 0.2) is 17.3 Å². The molecular weight excluding hydrogens is 230 g/mol. The SMILES string of the molecule is COc1cc2[nH]c3c(c2cc1OC)C(=O)CCC3. The van der Waals surface area contributed by atoms with E-state index in [0.29, 0.717) is 17.9 Å². The Morgan fingerprint density at radius 2 is 1.83 bits per heavy atom. The number of aromatic nitrogens is 1. The van der Waals surface area contributed by atoms with Gasteiger partial charge in [-0.05, 0) is 18.9 Å². The number of rotatable bonds is 2. The van der Waals surface area contributed by atoms with Crippen molar-refractivity contribution in [3.05, 3.63) is 23.4 Å². The number of carbonyl (C=O) groups is 1. The lowest BCUT2D eigenvalue weighted by Gasteiger charge is -2.10. The highest BCUT2D eigenvalue weighted by atomic mass is 16.5. The molecule has 3 rings (SSSR count). The Morgan fingerprint density at radius 1 is 1.11 bits per heavy atom. The largest absolute Gasteiger partial charge is 0.493 e. The minimum atomic E-state index is 0.217. The van der Waals surface area contributed by atoms with Crippen LogP contribution in [0.3, 0.4) is 0 Å². The van der Waals surface area contributed by atoms with E-state index in [-0.39, 0.29) is 5.78 Å². The number of ether oxygens (including phenoxy) is 2. The molecule has 4 nitrogen and oxygen atoms in total. The zero-order valence-corrected chi connectivity index (χ0v) is 10.5. The molecule has 0 fully saturated rings. The van der Waals surface area contributed by atoms with Crippen LogP contribution < -0.4 is 9.47 Å². The molecule has 1 aromatic carbocycles. The number of hydrogen-bond acceptors (Lipinski definition) is 3. The van der Waals surface area contributed by atoms with Crippen LogP contribution in [0.4, 0.5) is 0 Å². The van der Waals surface area contributed by atoms with Gasteiger partial charge >= 0.3 is 0 Å². The van der Waals surface area contributed by atoms with E-state index < -0.39 is 0 Å². The van der Waals surface area contributed by atoms with Crippen LogP contribution in [0.2, 0.25) is 0 Å². The molecule has 0 aliphatic heterocycles. The topological polar surface area (TPSA) is 51.3 Å². The number of Topliss-reactive ketones (excluding diaryl/α,β-unsaturated/α-hetero) is 1. The maximum Gasteiger partial charge on any atom is 0.165 e. The molecule has 0 spiro atoms. The van der Waals surface area contributed by atoms with Crippen LogP contribution in [0.1, 0.15) is 28.9 Å². The molecule has 1 aliphatic rings. The molecular formula is C14H15NO3. The Bertz CT molecular complexity index is 627. The third kappa shape index (κ3) is 1.49. The van der Waals surface area contributed by atoms with Crippen molar-refractivity contribution in [3.63, 3.8) is 0 Å². The van der Waals surface area contributed by atoms with E-state index in [2.05, 4.69) is 4.98 Å². The average molecular weight is 245 g/mol. The molecule has 0 amide bonds. The van der Waals surface area contributed by atoms with Crippen molar-refractivity contribution in [3.8, 4) is 11.5 Å². The number of aromatic amines is 1. The molecule has 1 aliphatic carbocycles. The fraction of sp³-hybridized carbons (Fsp3) is 0.357. The molecule has 94 valence electrons. The highest BCUT2D eigenvalue weighted by molar-refractivity contribution is 6.10. The predicted molar refractivity (Wildman–Crippen MR) is 68.7 cm³/mol. The normalized spacial score (nSPS) is 14.7. The van der Waals surface area contributed by atoms with E-state index in [0.717, 1.165) is 35.0 Å². The number of H-pyrrole nitrogens is 1. The van der Waals surface area contributed by atoms with E-state index in [9.17, 15) is 4.79 Å². The minimum absolute atomic E-state index is 0.217. The van der Waals surface area contributed by atoms with Gasteiger partial charge in [-0.3, -0.25) is 4.79 Å². The molecule has 0 saturated heterocycles. The number of fused-ring (bicyclic) bond motifs is 3. The van der Waals surface area contributed by atoms with E-state index >= 15 is 0 Å². The third-order valence-corrected chi connectivity index (χ3v) is 3.49. The Kier molecular flexibility index (Phi) is 2.51. The molecule has 0 atom stereocenters. The highest BCUT2D eigenvalue weighted by Gasteiger charge is 2.23. The van der Waals surface area contributed by atoms with E-state index in [4.69, 9.17) is 9.47 Å². The first-order valence-corrected chi connectivity index (χ1v) is 6.04. The molecule has 4 heteroatoms. The molecule has 2 aromatic rings. The van der Waals surface area contributed by atoms with Crippen LogP contribution in [0.15, 0.2) is 12.1 Å². The van der Waals surface area contributed by atoms with Gasteiger partial charge in [0.1, 0.15) is 0 Å². The monoisotopic (exact) mass is 245 g/mol. The van der Waals surface area contributed by atoms with Crippen LogP contribution in [0, 0.1) is 0 Å². The number of aryl methyl sites for hydroxylation is 1. The molecule has 0 unspecified atom stereocenters. The van der Waals surface area contributed by atoms with Gasteiger partial charge in [-0.15, -0.1) is 0 Å². The Morgan fingerprint density at radius 3 is 2.56 bits per heavy atom. The summed E-state index contributed by atoms with van der Waals surface area (Å²) in [6.07, 6.45) is 2.49. The van der Waals surface area contributed by atoms with Crippen molar-refractivity contribution in [1.82, 2.24) is 4.98 Å². The van der Waals surface area contributed by atoms with E-state index in [1.165, 1.54) is 0 Å². The lowest BCUT2D eigenvalue weighted by molar-refractivity contribution is 0.0974. The number of benzene rings is 1. The van der Waals surface area contributed by atoms with E-state index in [1.54, 1.807) is 14.2 Å². The van der Waals surface area contributed by atoms with Crippen LogP contribution in [-0.2, 0) is 6.42 Å². The molecule has 0 bridgehead atoms. The minimum Gasteiger partial charge on any atom is -0.493 e. The lowest BCUT2D eigenvalue weighted by atomic mass is 9.94. The van der Waals surface area contributed by atoms with Crippen molar-refractivity contribution in [1.29, 1.82) is 0 Å². The number of nitrogens with one attached hydrogen (secondary N) is 1. The first-order chi connectivity index (χ1) is 8.74. The Balaban J connectivity index is 2.30. The zero-order valence-electron chi connectivity index (χ0n) is 10.5. The smallest absolute Gasteiger partial charge is 0.165 e. The quantitative estimate of drug-likeness (QED) is 0.885. The zero-order chi connectivity index (χ0) is 12.7. The van der Waals surface area contributed by atoms with Crippen molar-refractivity contribution in [2.45, 2.75) is 19.3 Å². The lowest BCUT2D eigenvalue weighted by Crippen LogP contribution is -2.09. The van der Waals surface area contributed by atoms with Gasteiger partial charge < -0.3 is 14.5 Å². The average Bonchev–Trinajstić information content (AvgIpc) is 2.75. The molecule has 0 saturated carbocycles. The van der Waals surface area contributed by atoms with Crippen molar-refractivity contribution < 1.29 is 14.3 Å². The van der Waals surface area contributed by atoms with Gasteiger partial charge in [-0.2, -0.15) is 0 Å². The summed E-state index contributed by atoms with van der Waals surface area (Å²) in [6.45, 7) is 0. The standard InChI is InChI=1S/C14H15NO3/c1-17-12-6-8-10(7-13(12)18-2)15-9-4-3-5-11(16)14(8)9/h6-7,15H,3-5H2,1-2H3. The summed E-state index contributed by atoms with van der Waals surface area (Å²) >= 11 is 0. The van der Waals surface area contributed by atoms with Gasteiger partial charge in [-0.1, -0.05) is 0 Å². The molecule has 0 radical (unpaired) electrons. The van der Waals surface area contributed by atoms with Crippen LogP contribution in [-0.4, -0.2) is 25.0 Å². The summed E-state index contributed by atoms with van der Waals surface area (Å²) in [4.78, 5) is 15.3. The van der Waals surface area contributed by atoms with Crippen molar-refractivity contribution in [2.75, 3.05) is 14.2 Å². The summed E-state index contributed by atoms with van der Waals surface area (Å²) in [6, 6.07) is 3.77. The van der Waals surface area contributed by atoms with Crippen molar-refractivity contribution >= 4 is 16.7 Å². The van der Waals surface area contributed by atoms with Crippen LogP contribution >= 0.6 is 0 Å². The Labute approximate surface area is 105 Å². The molecule has 1 aromatic heterocycles. The number of methoxy groups -OCH3 is 2. The van der Waals surface area contributed by atoms with Gasteiger partial charge in [0.25, 0.3) is 0 Å². The number of hydrogen-bond donors (Lipinski definition) is 1. The summed E-state index contributed by atoms with van der Waals surface area (Å²) in [5.74, 6) is 1.55. The second kappa shape index (κ2) is 4.05. The maximum atomic E-state index is 12.0. The van der Waals surface area contributed by atoms with Crippen LogP contribution in [0.5, 0.6) is 11.5 Å². The number of ketones is 1. The second-order valence-corrected chi connectivity index (χ2v) is 4.51. The van der Waals surface area contributed by atoms with Crippen LogP contribution in [0.25, 0.3) is 10.9 Å². The summed E-state index contributed by atoms with van der Waals surface area (Å²) in [5, 5.41) is 0.937. The maximum absolute atomic E-state index is 12.0. The predicted octanol–water partition coefficient (Wildman–Crippen LogP) is 2.70. The number of carbonyl (C=O) groups excluding carboxylic acids is 1. The van der Waals surface area contributed by atoms with E-state index in [1.807, 2.05) is 12.1 Å². The molecule has 18 heavy (non-hydrogen) atoms. The second-order valence-electron chi connectivity index (χ2n) is 4.51. The van der Waals surface area contributed by atoms with Gasteiger partial charge in [0.2, 0.25) is 0 Å². The van der Waals surface area contributed by atoms with Gasteiger partial charge in [-0.25, -0.2) is 0 Å². The first kappa shape index (κ1) is 11.1. The Hall–Kier alpha value is -1.97. The van der Waals surface area contributed by atoms with Gasteiger partial charge in [0, 0.05) is 29.1 Å². The highest BCUT2D eigenvalue weighted by Crippen LogP contribution is 2.36. The fourth-order valence-corrected chi connectivity index (χ4v) is 2.63.